The van der Waals surface area contributed by atoms with Crippen LogP contribution in [0.25, 0.3) is 5.76 Å². The van der Waals surface area contributed by atoms with E-state index in [2.05, 4.69) is 22.2 Å². The zero-order valence-corrected chi connectivity index (χ0v) is 26.4. The van der Waals surface area contributed by atoms with Crippen LogP contribution in [0.1, 0.15) is 52.8 Å². The van der Waals surface area contributed by atoms with Crippen LogP contribution in [0, 0.1) is 5.82 Å². The smallest absolute Gasteiger partial charge is 0.416 e. The second-order valence-electron chi connectivity index (χ2n) is 11.5. The van der Waals surface area contributed by atoms with Crippen LogP contribution in [0.5, 0.6) is 0 Å². The van der Waals surface area contributed by atoms with Gasteiger partial charge in [0.05, 0.1) is 36.1 Å². The summed E-state index contributed by atoms with van der Waals surface area (Å²) in [4.78, 5) is 18.2. The van der Waals surface area contributed by atoms with Gasteiger partial charge in [0.25, 0.3) is 0 Å². The standard InChI is InChI=1S/C36H34ClF4N3O3/c1-23(46-2)26-10-6-9-25(15-26)22-47-32-13-12-31(19-32)43-34(45)44-35(20-24-7-4-3-5-8-24,33-14-11-29(37)21-42-33)27-16-28(36(39,40)41)18-30(38)17-27/h3-11,14-18,21,31-32H,1,12-13,19-20,22H2,2H3,(H2,43,44,45)/t31-,32-,35+/m1/s1. The van der Waals surface area contributed by atoms with Gasteiger partial charge in [0.15, 0.2) is 0 Å². The first-order valence-electron chi connectivity index (χ1n) is 15.0. The highest BCUT2D eigenvalue weighted by Crippen LogP contribution is 2.38. The van der Waals surface area contributed by atoms with E-state index in [0.717, 1.165) is 23.3 Å². The Morgan fingerprint density at radius 1 is 0.979 bits per heavy atom. The summed E-state index contributed by atoms with van der Waals surface area (Å²) in [5, 5.41) is 6.16. The predicted molar refractivity (Wildman–Crippen MR) is 172 cm³/mol. The van der Waals surface area contributed by atoms with E-state index in [9.17, 15) is 22.4 Å². The Morgan fingerprint density at radius 2 is 1.72 bits per heavy atom. The highest BCUT2D eigenvalue weighted by molar-refractivity contribution is 6.30. The molecule has 0 radical (unpaired) electrons. The van der Waals surface area contributed by atoms with Gasteiger partial charge in [-0.3, -0.25) is 4.98 Å². The minimum atomic E-state index is -4.83. The molecule has 0 bridgehead atoms. The molecule has 6 nitrogen and oxygen atoms in total. The van der Waals surface area contributed by atoms with Crippen LogP contribution in [-0.2, 0) is 34.2 Å². The molecule has 47 heavy (non-hydrogen) atoms. The summed E-state index contributed by atoms with van der Waals surface area (Å²) in [7, 11) is 1.56. The van der Waals surface area contributed by atoms with E-state index in [1.165, 1.54) is 18.3 Å². The molecule has 3 atom stereocenters. The number of pyridine rings is 1. The molecular weight excluding hydrogens is 634 g/mol. The molecule has 4 aromatic rings. The summed E-state index contributed by atoms with van der Waals surface area (Å²) in [5.41, 5.74) is -0.348. The van der Waals surface area contributed by atoms with E-state index in [1.807, 2.05) is 24.3 Å². The number of carbonyl (C=O) groups is 1. The topological polar surface area (TPSA) is 72.5 Å². The molecule has 0 unspecified atom stereocenters. The highest BCUT2D eigenvalue weighted by atomic mass is 35.5. The Bertz CT molecular complexity index is 1700. The number of alkyl halides is 3. The first kappa shape index (κ1) is 33.9. The molecule has 1 aromatic heterocycles. The van der Waals surface area contributed by atoms with Gasteiger partial charge < -0.3 is 20.1 Å². The molecular formula is C36H34ClF4N3O3. The van der Waals surface area contributed by atoms with Gasteiger partial charge in [-0.05, 0) is 72.4 Å². The molecule has 246 valence electrons. The van der Waals surface area contributed by atoms with Gasteiger partial charge in [-0.25, -0.2) is 9.18 Å². The SMILES string of the molecule is C=C(OC)c1cccc(CO[C@@H]2CC[C@@H](NC(=O)N[C@@](Cc3ccccc3)(c3cc(F)cc(C(F)(F)F)c3)c3ccc(Cl)cn3)C2)c1. The van der Waals surface area contributed by atoms with Crippen molar-refractivity contribution in [1.29, 1.82) is 0 Å². The fraction of sp³-hybridized carbons (Fsp3) is 0.278. The fourth-order valence-corrected chi connectivity index (χ4v) is 5.97. The minimum Gasteiger partial charge on any atom is -0.497 e. The Morgan fingerprint density at radius 3 is 2.43 bits per heavy atom. The number of hydrogen-bond donors (Lipinski definition) is 2. The van der Waals surface area contributed by atoms with E-state index in [1.54, 1.807) is 37.4 Å². The van der Waals surface area contributed by atoms with Crippen LogP contribution in [0.2, 0.25) is 5.02 Å². The Kier molecular flexibility index (Phi) is 10.5. The van der Waals surface area contributed by atoms with Crippen LogP contribution in [0.15, 0.2) is 97.7 Å². The number of halogens is 5. The number of amides is 2. The Balaban J connectivity index is 1.39. The molecule has 3 aromatic carbocycles. The number of ether oxygens (including phenoxy) is 2. The summed E-state index contributed by atoms with van der Waals surface area (Å²) in [5.74, 6) is -0.552. The van der Waals surface area contributed by atoms with Crippen molar-refractivity contribution >= 4 is 23.4 Å². The van der Waals surface area contributed by atoms with Gasteiger partial charge in [0.1, 0.15) is 17.1 Å². The van der Waals surface area contributed by atoms with Crippen molar-refractivity contribution in [1.82, 2.24) is 15.6 Å². The number of aromatic nitrogens is 1. The van der Waals surface area contributed by atoms with Crippen LogP contribution < -0.4 is 10.6 Å². The number of rotatable bonds is 11. The van der Waals surface area contributed by atoms with Crippen molar-refractivity contribution in [2.24, 2.45) is 0 Å². The van der Waals surface area contributed by atoms with Crippen LogP contribution >= 0.6 is 11.6 Å². The van der Waals surface area contributed by atoms with Crippen molar-refractivity contribution in [3.63, 3.8) is 0 Å². The fourth-order valence-electron chi connectivity index (χ4n) is 5.86. The van der Waals surface area contributed by atoms with Gasteiger partial charge in [0.2, 0.25) is 0 Å². The van der Waals surface area contributed by atoms with Crippen molar-refractivity contribution in [2.45, 2.75) is 56.2 Å². The number of carbonyl (C=O) groups excluding carboxylic acids is 1. The van der Waals surface area contributed by atoms with E-state index in [4.69, 9.17) is 21.1 Å². The van der Waals surface area contributed by atoms with Gasteiger partial charge in [-0.1, -0.05) is 66.7 Å². The molecule has 5 rings (SSSR count). The molecule has 0 saturated heterocycles. The maximum Gasteiger partial charge on any atom is 0.416 e. The normalized spacial score (nSPS) is 17.5. The molecule has 1 aliphatic carbocycles. The van der Waals surface area contributed by atoms with E-state index in [-0.39, 0.29) is 34.8 Å². The van der Waals surface area contributed by atoms with Gasteiger partial charge in [-0.15, -0.1) is 0 Å². The molecule has 0 spiro atoms. The van der Waals surface area contributed by atoms with Gasteiger partial charge >= 0.3 is 12.2 Å². The van der Waals surface area contributed by atoms with Crippen LogP contribution in [-0.4, -0.2) is 30.3 Å². The number of hydrogen-bond acceptors (Lipinski definition) is 4. The largest absolute Gasteiger partial charge is 0.497 e. The number of methoxy groups -OCH3 is 1. The molecule has 1 fully saturated rings. The third kappa shape index (κ3) is 8.50. The third-order valence-electron chi connectivity index (χ3n) is 8.22. The zero-order valence-electron chi connectivity index (χ0n) is 25.6. The first-order chi connectivity index (χ1) is 22.4. The number of urea groups is 1. The average molecular weight is 668 g/mol. The summed E-state index contributed by atoms with van der Waals surface area (Å²) in [6, 6.07) is 20.9. The van der Waals surface area contributed by atoms with E-state index in [0.29, 0.717) is 43.3 Å². The summed E-state index contributed by atoms with van der Waals surface area (Å²) < 4.78 is 68.0. The van der Waals surface area contributed by atoms with Crippen LogP contribution in [0.4, 0.5) is 22.4 Å². The second-order valence-corrected chi connectivity index (χ2v) is 12.0. The van der Waals surface area contributed by atoms with Crippen molar-refractivity contribution in [3.8, 4) is 0 Å². The second kappa shape index (κ2) is 14.6. The summed E-state index contributed by atoms with van der Waals surface area (Å²) in [6.45, 7) is 4.24. The number of benzene rings is 3. The van der Waals surface area contributed by atoms with Gasteiger partial charge in [0, 0.05) is 24.2 Å². The average Bonchev–Trinajstić information content (AvgIpc) is 3.50. The summed E-state index contributed by atoms with van der Waals surface area (Å²) >= 11 is 6.11. The highest BCUT2D eigenvalue weighted by Gasteiger charge is 2.41. The lowest BCUT2D eigenvalue weighted by Gasteiger charge is -2.36. The first-order valence-corrected chi connectivity index (χ1v) is 15.4. The molecule has 11 heteroatoms. The lowest BCUT2D eigenvalue weighted by molar-refractivity contribution is -0.137. The van der Waals surface area contributed by atoms with Crippen molar-refractivity contribution in [2.75, 3.05) is 7.11 Å². The van der Waals surface area contributed by atoms with Crippen molar-refractivity contribution in [3.05, 3.63) is 142 Å². The molecule has 2 amide bonds. The predicted octanol–water partition coefficient (Wildman–Crippen LogP) is 8.43. The van der Waals surface area contributed by atoms with Crippen LogP contribution in [0.3, 0.4) is 0 Å². The lowest BCUT2D eigenvalue weighted by atomic mass is 9.79. The zero-order chi connectivity index (χ0) is 33.6. The molecule has 1 aliphatic rings. The number of nitrogens with zero attached hydrogens (tertiary/aromatic N) is 1. The third-order valence-corrected chi connectivity index (χ3v) is 8.45. The van der Waals surface area contributed by atoms with Gasteiger partial charge in [-0.2, -0.15) is 13.2 Å². The van der Waals surface area contributed by atoms with E-state index >= 15 is 0 Å². The Hall–Kier alpha value is -4.41. The molecule has 2 N–H and O–H groups in total. The minimum absolute atomic E-state index is 0.0262. The molecule has 1 saturated carbocycles. The maximum atomic E-state index is 14.9. The Labute approximate surface area is 275 Å². The molecule has 1 heterocycles. The summed E-state index contributed by atoms with van der Waals surface area (Å²) in [6.07, 6.45) is -1.80. The maximum absolute atomic E-state index is 14.9. The number of nitrogens with one attached hydrogen (secondary N) is 2. The monoisotopic (exact) mass is 667 g/mol. The molecule has 0 aliphatic heterocycles. The van der Waals surface area contributed by atoms with Crippen molar-refractivity contribution < 1.29 is 31.8 Å². The van der Waals surface area contributed by atoms with E-state index < -0.39 is 29.1 Å². The quantitative estimate of drug-likeness (QED) is 0.124. The lowest BCUT2D eigenvalue weighted by Crippen LogP contribution is -2.54.